The molecular formula is C23H30N6O. The zero-order valence-corrected chi connectivity index (χ0v) is 17.5. The standard InChI is InChI=1S/C23H30N6O/c1-2-7-17(30)8-5-3-4-6-11-25-22-21-18-10-9-16(20-13-24-14-26-20)12-19(18)29-23(21)28-15-27-22/h9-10,12-15,17,30H,2-8,11H2,1H3,(H,24,26)(H2,25,27,28,29). The number of aromatic nitrogens is 5. The van der Waals surface area contributed by atoms with E-state index in [9.17, 15) is 5.11 Å². The van der Waals surface area contributed by atoms with Crippen LogP contribution < -0.4 is 5.32 Å². The van der Waals surface area contributed by atoms with E-state index in [2.05, 4.69) is 55.4 Å². The molecule has 30 heavy (non-hydrogen) atoms. The van der Waals surface area contributed by atoms with Gasteiger partial charge in [-0.3, -0.25) is 0 Å². The molecule has 7 nitrogen and oxygen atoms in total. The van der Waals surface area contributed by atoms with Gasteiger partial charge in [-0.1, -0.05) is 44.7 Å². The van der Waals surface area contributed by atoms with Crippen LogP contribution in [-0.2, 0) is 0 Å². The number of rotatable bonds is 11. The van der Waals surface area contributed by atoms with Crippen LogP contribution in [0.15, 0.2) is 37.1 Å². The number of hydrogen-bond donors (Lipinski definition) is 4. The van der Waals surface area contributed by atoms with Gasteiger partial charge in [0.05, 0.1) is 29.7 Å². The molecule has 4 rings (SSSR count). The molecular weight excluding hydrogens is 376 g/mol. The molecule has 0 bridgehead atoms. The van der Waals surface area contributed by atoms with Gasteiger partial charge in [0.2, 0.25) is 0 Å². The first-order valence-electron chi connectivity index (χ1n) is 10.9. The van der Waals surface area contributed by atoms with Crippen LogP contribution in [0.2, 0.25) is 0 Å². The third kappa shape index (κ3) is 4.62. The molecule has 0 saturated heterocycles. The van der Waals surface area contributed by atoms with Crippen LogP contribution in [0, 0.1) is 0 Å². The van der Waals surface area contributed by atoms with Gasteiger partial charge < -0.3 is 20.4 Å². The molecule has 0 saturated carbocycles. The lowest BCUT2D eigenvalue weighted by atomic mass is 10.1. The first-order valence-corrected chi connectivity index (χ1v) is 10.9. The molecule has 0 amide bonds. The summed E-state index contributed by atoms with van der Waals surface area (Å²) in [5.41, 5.74) is 3.95. The van der Waals surface area contributed by atoms with Gasteiger partial charge in [0.25, 0.3) is 0 Å². The molecule has 0 aliphatic rings. The van der Waals surface area contributed by atoms with Crippen molar-refractivity contribution in [2.45, 2.75) is 58.0 Å². The number of nitrogens with one attached hydrogen (secondary N) is 3. The number of aliphatic hydroxyl groups excluding tert-OH is 1. The average molecular weight is 407 g/mol. The summed E-state index contributed by atoms with van der Waals surface area (Å²) >= 11 is 0. The summed E-state index contributed by atoms with van der Waals surface area (Å²) in [7, 11) is 0. The molecule has 3 heterocycles. The molecule has 0 aliphatic carbocycles. The topological polar surface area (TPSA) is 103 Å². The lowest BCUT2D eigenvalue weighted by Gasteiger charge is -2.09. The molecule has 3 aromatic heterocycles. The number of hydrogen-bond acceptors (Lipinski definition) is 5. The lowest BCUT2D eigenvalue weighted by Crippen LogP contribution is -2.06. The van der Waals surface area contributed by atoms with Crippen LogP contribution in [-0.4, -0.2) is 42.7 Å². The van der Waals surface area contributed by atoms with E-state index in [0.29, 0.717) is 0 Å². The van der Waals surface area contributed by atoms with Crippen molar-refractivity contribution < 1.29 is 5.11 Å². The van der Waals surface area contributed by atoms with E-state index in [-0.39, 0.29) is 6.10 Å². The van der Waals surface area contributed by atoms with E-state index in [1.54, 1.807) is 12.7 Å². The largest absolute Gasteiger partial charge is 0.393 e. The van der Waals surface area contributed by atoms with Gasteiger partial charge >= 0.3 is 0 Å². The van der Waals surface area contributed by atoms with E-state index in [1.165, 1.54) is 0 Å². The Morgan fingerprint density at radius 3 is 2.83 bits per heavy atom. The van der Waals surface area contributed by atoms with Gasteiger partial charge in [0, 0.05) is 23.0 Å². The maximum absolute atomic E-state index is 9.80. The van der Waals surface area contributed by atoms with E-state index in [1.807, 2.05) is 6.20 Å². The summed E-state index contributed by atoms with van der Waals surface area (Å²) in [4.78, 5) is 19.6. The number of anilines is 1. The predicted octanol–water partition coefficient (Wildman–Crippen LogP) is 5.02. The second kappa shape index (κ2) is 9.71. The van der Waals surface area contributed by atoms with Crippen molar-refractivity contribution in [3.8, 4) is 11.3 Å². The highest BCUT2D eigenvalue weighted by atomic mass is 16.3. The molecule has 0 radical (unpaired) electrons. The van der Waals surface area contributed by atoms with Crippen molar-refractivity contribution in [1.82, 2.24) is 24.9 Å². The summed E-state index contributed by atoms with van der Waals surface area (Å²) in [6, 6.07) is 6.31. The molecule has 0 fully saturated rings. The van der Waals surface area contributed by atoms with E-state index >= 15 is 0 Å². The SMILES string of the molecule is CCCC(O)CCCCCCNc1ncnc2[nH]c3cc(-c4cnc[nH]4)ccc3c12. The number of fused-ring (bicyclic) bond motifs is 3. The number of H-pyrrole nitrogens is 2. The highest BCUT2D eigenvalue weighted by Crippen LogP contribution is 2.31. The fourth-order valence-corrected chi connectivity index (χ4v) is 3.99. The fourth-order valence-electron chi connectivity index (χ4n) is 3.99. The maximum atomic E-state index is 9.80. The Kier molecular flexibility index (Phi) is 6.59. The minimum absolute atomic E-state index is 0.127. The first-order chi connectivity index (χ1) is 14.8. The van der Waals surface area contributed by atoms with Crippen LogP contribution in [0.25, 0.3) is 33.2 Å². The number of imidazole rings is 1. The Balaban J connectivity index is 1.38. The highest BCUT2D eigenvalue weighted by molar-refractivity contribution is 6.11. The third-order valence-electron chi connectivity index (χ3n) is 5.58. The number of nitrogens with zero attached hydrogens (tertiary/aromatic N) is 3. The van der Waals surface area contributed by atoms with Crippen molar-refractivity contribution in [2.75, 3.05) is 11.9 Å². The Labute approximate surface area is 176 Å². The van der Waals surface area contributed by atoms with Gasteiger partial charge in [0.15, 0.2) is 0 Å². The monoisotopic (exact) mass is 406 g/mol. The molecule has 0 aliphatic heterocycles. The molecule has 1 aromatic carbocycles. The highest BCUT2D eigenvalue weighted by Gasteiger charge is 2.12. The van der Waals surface area contributed by atoms with Crippen LogP contribution >= 0.6 is 0 Å². The van der Waals surface area contributed by atoms with Crippen molar-refractivity contribution in [3.63, 3.8) is 0 Å². The molecule has 4 aromatic rings. The number of benzene rings is 1. The van der Waals surface area contributed by atoms with Crippen LogP contribution in [0.5, 0.6) is 0 Å². The Hall–Kier alpha value is -2.93. The van der Waals surface area contributed by atoms with Gasteiger partial charge in [-0.2, -0.15) is 0 Å². The zero-order chi connectivity index (χ0) is 20.8. The summed E-state index contributed by atoms with van der Waals surface area (Å²) in [6.45, 7) is 2.99. The Morgan fingerprint density at radius 2 is 2.00 bits per heavy atom. The van der Waals surface area contributed by atoms with Crippen molar-refractivity contribution in [1.29, 1.82) is 0 Å². The Morgan fingerprint density at radius 1 is 1.10 bits per heavy atom. The molecule has 4 N–H and O–H groups in total. The molecule has 158 valence electrons. The number of aromatic amines is 2. The van der Waals surface area contributed by atoms with E-state index in [4.69, 9.17) is 0 Å². The molecule has 1 atom stereocenters. The summed E-state index contributed by atoms with van der Waals surface area (Å²) in [6.07, 6.45) is 12.4. The minimum atomic E-state index is -0.127. The Bertz CT molecular complexity index is 1070. The molecule has 0 spiro atoms. The van der Waals surface area contributed by atoms with Gasteiger partial charge in [-0.05, 0) is 25.3 Å². The smallest absolute Gasteiger partial charge is 0.143 e. The minimum Gasteiger partial charge on any atom is -0.393 e. The van der Waals surface area contributed by atoms with E-state index in [0.717, 1.165) is 90.5 Å². The van der Waals surface area contributed by atoms with Crippen molar-refractivity contribution in [3.05, 3.63) is 37.1 Å². The lowest BCUT2D eigenvalue weighted by molar-refractivity contribution is 0.150. The maximum Gasteiger partial charge on any atom is 0.143 e. The summed E-state index contributed by atoms with van der Waals surface area (Å²) < 4.78 is 0. The van der Waals surface area contributed by atoms with Crippen molar-refractivity contribution >= 4 is 27.8 Å². The number of aliphatic hydroxyl groups is 1. The predicted molar refractivity (Wildman–Crippen MR) is 121 cm³/mol. The van der Waals surface area contributed by atoms with Gasteiger partial charge in [-0.25, -0.2) is 15.0 Å². The van der Waals surface area contributed by atoms with Gasteiger partial charge in [0.1, 0.15) is 17.8 Å². The second-order valence-electron chi connectivity index (χ2n) is 7.87. The van der Waals surface area contributed by atoms with Crippen LogP contribution in [0.4, 0.5) is 5.82 Å². The summed E-state index contributed by atoms with van der Waals surface area (Å²) in [5, 5.41) is 15.4. The normalized spacial score (nSPS) is 12.6. The quantitative estimate of drug-likeness (QED) is 0.262. The molecule has 7 heteroatoms. The first kappa shape index (κ1) is 20.3. The zero-order valence-electron chi connectivity index (χ0n) is 17.5. The average Bonchev–Trinajstić information content (AvgIpc) is 3.41. The molecule has 1 unspecified atom stereocenters. The van der Waals surface area contributed by atoms with Gasteiger partial charge in [-0.15, -0.1) is 0 Å². The van der Waals surface area contributed by atoms with Crippen LogP contribution in [0.1, 0.15) is 51.9 Å². The fraction of sp³-hybridized carbons (Fsp3) is 0.435. The van der Waals surface area contributed by atoms with Crippen LogP contribution in [0.3, 0.4) is 0 Å². The number of unbranched alkanes of at least 4 members (excludes halogenated alkanes) is 3. The van der Waals surface area contributed by atoms with Crippen molar-refractivity contribution in [2.24, 2.45) is 0 Å². The third-order valence-corrected chi connectivity index (χ3v) is 5.58. The van der Waals surface area contributed by atoms with E-state index < -0.39 is 0 Å². The summed E-state index contributed by atoms with van der Waals surface area (Å²) in [5.74, 6) is 0.874. The second-order valence-corrected chi connectivity index (χ2v) is 7.87.